The summed E-state index contributed by atoms with van der Waals surface area (Å²) in [5.74, 6) is -0.574. The van der Waals surface area contributed by atoms with Crippen LogP contribution in [0.25, 0.3) is 0 Å². The number of benzene rings is 1. The zero-order valence-corrected chi connectivity index (χ0v) is 8.65. The molecule has 0 saturated heterocycles. The molecule has 0 spiro atoms. The average molecular weight is 215 g/mol. The largest absolute Gasteiger partial charge is 0.462 e. The molecule has 1 aromatic carbocycles. The number of hydrogen-bond acceptors (Lipinski definition) is 5. The van der Waals surface area contributed by atoms with E-state index in [-0.39, 0.29) is 29.0 Å². The van der Waals surface area contributed by atoms with Crippen LogP contribution in [-0.2, 0) is 4.74 Å². The number of nitriles is 2. The predicted molar refractivity (Wildman–Crippen MR) is 56.2 cm³/mol. The van der Waals surface area contributed by atoms with E-state index in [2.05, 4.69) is 0 Å². The van der Waals surface area contributed by atoms with E-state index in [1.165, 1.54) is 12.1 Å². The van der Waals surface area contributed by atoms with Gasteiger partial charge in [0.25, 0.3) is 0 Å². The molecule has 5 nitrogen and oxygen atoms in total. The third-order valence-electron chi connectivity index (χ3n) is 1.93. The fourth-order valence-corrected chi connectivity index (χ4v) is 1.17. The van der Waals surface area contributed by atoms with Gasteiger partial charge in [-0.25, -0.2) is 4.79 Å². The van der Waals surface area contributed by atoms with E-state index in [4.69, 9.17) is 21.0 Å². The van der Waals surface area contributed by atoms with Crippen LogP contribution in [0.3, 0.4) is 0 Å². The van der Waals surface area contributed by atoms with Crippen LogP contribution in [0.15, 0.2) is 12.1 Å². The summed E-state index contributed by atoms with van der Waals surface area (Å²) >= 11 is 0. The van der Waals surface area contributed by atoms with Gasteiger partial charge in [-0.3, -0.25) is 0 Å². The number of hydrogen-bond donors (Lipinski definition) is 1. The molecule has 0 fully saturated rings. The topological polar surface area (TPSA) is 99.9 Å². The van der Waals surface area contributed by atoms with E-state index >= 15 is 0 Å². The maximum atomic E-state index is 11.4. The van der Waals surface area contributed by atoms with Crippen molar-refractivity contribution in [1.82, 2.24) is 0 Å². The molecule has 0 amide bonds. The van der Waals surface area contributed by atoms with Gasteiger partial charge in [0.05, 0.1) is 29.0 Å². The molecule has 16 heavy (non-hydrogen) atoms. The lowest BCUT2D eigenvalue weighted by molar-refractivity contribution is 0.0526. The van der Waals surface area contributed by atoms with E-state index in [0.29, 0.717) is 0 Å². The van der Waals surface area contributed by atoms with Crippen molar-refractivity contribution in [1.29, 1.82) is 10.5 Å². The second-order valence-electron chi connectivity index (χ2n) is 2.93. The van der Waals surface area contributed by atoms with Crippen LogP contribution < -0.4 is 5.73 Å². The Hall–Kier alpha value is -2.53. The SMILES string of the molecule is CCOC(=O)c1cc(C#N)c(N)c(C#N)c1. The van der Waals surface area contributed by atoms with Gasteiger partial charge in [-0.2, -0.15) is 10.5 Å². The number of ether oxygens (including phenoxy) is 1. The summed E-state index contributed by atoms with van der Waals surface area (Å²) < 4.78 is 4.77. The molecule has 0 radical (unpaired) electrons. The highest BCUT2D eigenvalue weighted by atomic mass is 16.5. The first-order chi connectivity index (χ1) is 7.63. The molecule has 0 aromatic heterocycles. The Labute approximate surface area is 92.7 Å². The van der Waals surface area contributed by atoms with Gasteiger partial charge in [0.1, 0.15) is 12.1 Å². The first-order valence-corrected chi connectivity index (χ1v) is 4.54. The third kappa shape index (κ3) is 2.10. The number of nitrogens with zero attached hydrogens (tertiary/aromatic N) is 2. The van der Waals surface area contributed by atoms with E-state index in [9.17, 15) is 4.79 Å². The second-order valence-corrected chi connectivity index (χ2v) is 2.93. The zero-order chi connectivity index (χ0) is 12.1. The zero-order valence-electron chi connectivity index (χ0n) is 8.65. The molecule has 0 heterocycles. The van der Waals surface area contributed by atoms with Crippen LogP contribution in [0.4, 0.5) is 5.69 Å². The Morgan fingerprint density at radius 3 is 2.25 bits per heavy atom. The van der Waals surface area contributed by atoms with Crippen LogP contribution in [0.2, 0.25) is 0 Å². The van der Waals surface area contributed by atoms with E-state index in [1.807, 2.05) is 12.1 Å². The van der Waals surface area contributed by atoms with Crippen LogP contribution in [0.5, 0.6) is 0 Å². The molecule has 0 bridgehead atoms. The first kappa shape index (κ1) is 11.5. The quantitative estimate of drug-likeness (QED) is 0.589. The molecular weight excluding hydrogens is 206 g/mol. The number of carbonyl (C=O) groups excluding carboxylic acids is 1. The number of anilines is 1. The van der Waals surface area contributed by atoms with Crippen molar-refractivity contribution in [3.63, 3.8) is 0 Å². The molecule has 1 rings (SSSR count). The Bertz CT molecular complexity index is 474. The van der Waals surface area contributed by atoms with Crippen molar-refractivity contribution in [2.45, 2.75) is 6.92 Å². The van der Waals surface area contributed by atoms with Gasteiger partial charge in [0, 0.05) is 0 Å². The molecule has 2 N–H and O–H groups in total. The van der Waals surface area contributed by atoms with Crippen molar-refractivity contribution in [3.8, 4) is 12.1 Å². The lowest BCUT2D eigenvalue weighted by atomic mass is 10.0. The molecule has 0 aliphatic carbocycles. The fraction of sp³-hybridized carbons (Fsp3) is 0.182. The smallest absolute Gasteiger partial charge is 0.338 e. The van der Waals surface area contributed by atoms with E-state index in [1.54, 1.807) is 6.92 Å². The standard InChI is InChI=1S/C11H9N3O2/c1-2-16-11(15)7-3-8(5-12)10(14)9(4-7)6-13/h3-4H,2,14H2,1H3. The molecule has 0 aliphatic heterocycles. The maximum absolute atomic E-state index is 11.4. The highest BCUT2D eigenvalue weighted by Crippen LogP contribution is 2.19. The van der Waals surface area contributed by atoms with E-state index < -0.39 is 5.97 Å². The predicted octanol–water partition coefficient (Wildman–Crippen LogP) is 1.19. The van der Waals surface area contributed by atoms with Crippen LogP contribution >= 0.6 is 0 Å². The van der Waals surface area contributed by atoms with Gasteiger partial charge in [-0.05, 0) is 19.1 Å². The lowest BCUT2D eigenvalue weighted by Gasteiger charge is -2.05. The summed E-state index contributed by atoms with van der Waals surface area (Å²) in [5, 5.41) is 17.6. The minimum absolute atomic E-state index is 0.0815. The van der Waals surface area contributed by atoms with Crippen molar-refractivity contribution in [3.05, 3.63) is 28.8 Å². The highest BCUT2D eigenvalue weighted by molar-refractivity contribution is 5.91. The Morgan fingerprint density at radius 2 is 1.88 bits per heavy atom. The molecule has 0 atom stereocenters. The maximum Gasteiger partial charge on any atom is 0.338 e. The van der Waals surface area contributed by atoms with Crippen molar-refractivity contribution < 1.29 is 9.53 Å². The highest BCUT2D eigenvalue weighted by Gasteiger charge is 2.13. The summed E-state index contributed by atoms with van der Waals surface area (Å²) in [7, 11) is 0. The van der Waals surface area contributed by atoms with Gasteiger partial charge in [0.2, 0.25) is 0 Å². The van der Waals surface area contributed by atoms with Crippen LogP contribution in [0.1, 0.15) is 28.4 Å². The average Bonchev–Trinajstić information content (AvgIpc) is 2.29. The molecular formula is C11H9N3O2. The van der Waals surface area contributed by atoms with Gasteiger partial charge in [-0.1, -0.05) is 0 Å². The normalized spacial score (nSPS) is 8.94. The monoisotopic (exact) mass is 215 g/mol. The van der Waals surface area contributed by atoms with Gasteiger partial charge < -0.3 is 10.5 Å². The van der Waals surface area contributed by atoms with Crippen LogP contribution in [0, 0.1) is 22.7 Å². The van der Waals surface area contributed by atoms with Crippen LogP contribution in [-0.4, -0.2) is 12.6 Å². The summed E-state index contributed by atoms with van der Waals surface area (Å²) in [6.07, 6.45) is 0. The summed E-state index contributed by atoms with van der Waals surface area (Å²) in [4.78, 5) is 11.4. The number of nitrogen functional groups attached to an aromatic ring is 1. The molecule has 0 unspecified atom stereocenters. The molecule has 1 aromatic rings. The minimum atomic E-state index is -0.574. The number of rotatable bonds is 2. The molecule has 0 aliphatic rings. The Morgan fingerprint density at radius 1 is 1.38 bits per heavy atom. The Kier molecular flexibility index (Phi) is 3.47. The van der Waals surface area contributed by atoms with Crippen molar-refractivity contribution >= 4 is 11.7 Å². The summed E-state index contributed by atoms with van der Waals surface area (Å²) in [6.45, 7) is 1.90. The third-order valence-corrected chi connectivity index (χ3v) is 1.93. The second kappa shape index (κ2) is 4.81. The molecule has 5 heteroatoms. The molecule has 0 saturated carbocycles. The number of esters is 1. The van der Waals surface area contributed by atoms with Gasteiger partial charge in [-0.15, -0.1) is 0 Å². The van der Waals surface area contributed by atoms with Gasteiger partial charge in [0.15, 0.2) is 0 Å². The van der Waals surface area contributed by atoms with E-state index in [0.717, 1.165) is 0 Å². The summed E-state index contributed by atoms with van der Waals surface area (Å²) in [6, 6.07) is 6.27. The molecule has 80 valence electrons. The first-order valence-electron chi connectivity index (χ1n) is 4.54. The van der Waals surface area contributed by atoms with Crippen molar-refractivity contribution in [2.75, 3.05) is 12.3 Å². The van der Waals surface area contributed by atoms with Gasteiger partial charge >= 0.3 is 5.97 Å². The summed E-state index contributed by atoms with van der Waals surface area (Å²) in [5.41, 5.74) is 5.99. The fourth-order valence-electron chi connectivity index (χ4n) is 1.17. The Balaban J connectivity index is 3.30. The minimum Gasteiger partial charge on any atom is -0.462 e. The number of carbonyl (C=O) groups is 1. The van der Waals surface area contributed by atoms with Crippen molar-refractivity contribution in [2.24, 2.45) is 0 Å². The lowest BCUT2D eigenvalue weighted by Crippen LogP contribution is -2.07. The number of nitrogens with two attached hydrogens (primary N) is 1.